The first-order valence-electron chi connectivity index (χ1n) is 4.99. The monoisotopic (exact) mass is 205 g/mol. The fourth-order valence-electron chi connectivity index (χ4n) is 1.29. The van der Waals surface area contributed by atoms with Crippen LogP contribution in [0.2, 0.25) is 0 Å². The topological polar surface area (TPSA) is 62.2 Å². The molecule has 2 N–H and O–H groups in total. The molecule has 1 fully saturated rings. The van der Waals surface area contributed by atoms with Crippen molar-refractivity contribution in [2.45, 2.75) is 6.10 Å². The molecule has 1 aliphatic heterocycles. The lowest BCUT2D eigenvalue weighted by Gasteiger charge is -2.26. The SMILES string of the molecule is OCC(O)COCCN1CCOCC1. The number of morpholine rings is 1. The fourth-order valence-corrected chi connectivity index (χ4v) is 1.29. The van der Waals surface area contributed by atoms with Gasteiger partial charge in [0, 0.05) is 19.6 Å². The molecule has 1 heterocycles. The molecule has 0 radical (unpaired) electrons. The van der Waals surface area contributed by atoms with Crippen molar-refractivity contribution >= 4 is 0 Å². The van der Waals surface area contributed by atoms with Crippen LogP contribution in [0.1, 0.15) is 0 Å². The second-order valence-corrected chi connectivity index (χ2v) is 3.37. The van der Waals surface area contributed by atoms with Gasteiger partial charge in [-0.3, -0.25) is 4.90 Å². The Labute approximate surface area is 84.2 Å². The van der Waals surface area contributed by atoms with Crippen molar-refractivity contribution in [3.05, 3.63) is 0 Å². The first-order valence-corrected chi connectivity index (χ1v) is 4.99. The van der Waals surface area contributed by atoms with Crippen LogP contribution in [0, 0.1) is 0 Å². The van der Waals surface area contributed by atoms with Crippen molar-refractivity contribution in [1.29, 1.82) is 0 Å². The summed E-state index contributed by atoms with van der Waals surface area (Å²) in [5, 5.41) is 17.5. The maximum absolute atomic E-state index is 8.99. The van der Waals surface area contributed by atoms with E-state index in [0.29, 0.717) is 6.61 Å². The van der Waals surface area contributed by atoms with Crippen molar-refractivity contribution in [3.63, 3.8) is 0 Å². The normalized spacial score (nSPS) is 21.0. The molecule has 0 amide bonds. The van der Waals surface area contributed by atoms with Crippen LogP contribution in [-0.4, -0.2) is 73.9 Å². The summed E-state index contributed by atoms with van der Waals surface area (Å²) in [5.41, 5.74) is 0. The molecule has 0 aliphatic carbocycles. The van der Waals surface area contributed by atoms with Crippen molar-refractivity contribution in [3.8, 4) is 0 Å². The van der Waals surface area contributed by atoms with E-state index in [4.69, 9.17) is 19.7 Å². The number of aliphatic hydroxyl groups excluding tert-OH is 2. The van der Waals surface area contributed by atoms with E-state index in [-0.39, 0.29) is 13.2 Å². The molecular weight excluding hydrogens is 186 g/mol. The summed E-state index contributed by atoms with van der Waals surface area (Å²) in [4.78, 5) is 2.26. The molecule has 0 saturated carbocycles. The molecule has 0 aromatic rings. The lowest BCUT2D eigenvalue weighted by atomic mass is 10.4. The third kappa shape index (κ3) is 4.88. The van der Waals surface area contributed by atoms with E-state index in [9.17, 15) is 0 Å². The van der Waals surface area contributed by atoms with E-state index >= 15 is 0 Å². The van der Waals surface area contributed by atoms with Gasteiger partial charge < -0.3 is 19.7 Å². The number of rotatable bonds is 6. The van der Waals surface area contributed by atoms with Gasteiger partial charge in [0.1, 0.15) is 6.10 Å². The van der Waals surface area contributed by atoms with Gasteiger partial charge >= 0.3 is 0 Å². The summed E-state index contributed by atoms with van der Waals surface area (Å²) < 4.78 is 10.4. The van der Waals surface area contributed by atoms with Crippen LogP contribution in [0.25, 0.3) is 0 Å². The van der Waals surface area contributed by atoms with Crippen LogP contribution in [-0.2, 0) is 9.47 Å². The minimum Gasteiger partial charge on any atom is -0.394 e. The van der Waals surface area contributed by atoms with Gasteiger partial charge in [0.05, 0.1) is 33.0 Å². The van der Waals surface area contributed by atoms with Crippen molar-refractivity contribution < 1.29 is 19.7 Å². The second-order valence-electron chi connectivity index (χ2n) is 3.37. The first kappa shape index (κ1) is 11.9. The van der Waals surface area contributed by atoms with Crippen LogP contribution in [0.5, 0.6) is 0 Å². The minimum absolute atomic E-state index is 0.209. The zero-order valence-corrected chi connectivity index (χ0v) is 8.39. The maximum Gasteiger partial charge on any atom is 0.100 e. The molecule has 0 bridgehead atoms. The molecule has 1 saturated heterocycles. The molecule has 5 nitrogen and oxygen atoms in total. The van der Waals surface area contributed by atoms with Gasteiger partial charge in [-0.2, -0.15) is 0 Å². The Morgan fingerprint density at radius 2 is 2.07 bits per heavy atom. The van der Waals surface area contributed by atoms with Gasteiger partial charge in [-0.05, 0) is 0 Å². The predicted octanol–water partition coefficient (Wildman–Crippen LogP) is -1.31. The zero-order valence-electron chi connectivity index (χ0n) is 8.39. The standard InChI is InChI=1S/C9H19NO4/c11-7-9(12)8-14-6-3-10-1-4-13-5-2-10/h9,11-12H,1-8H2. The summed E-state index contributed by atoms with van der Waals surface area (Å²) in [7, 11) is 0. The number of hydrogen-bond donors (Lipinski definition) is 2. The molecular formula is C9H19NO4. The number of aliphatic hydroxyl groups is 2. The largest absolute Gasteiger partial charge is 0.394 e. The third-order valence-electron chi connectivity index (χ3n) is 2.18. The van der Waals surface area contributed by atoms with E-state index < -0.39 is 6.10 Å². The van der Waals surface area contributed by atoms with Crippen LogP contribution >= 0.6 is 0 Å². The summed E-state index contributed by atoms with van der Waals surface area (Å²) in [6.45, 7) is 4.91. The van der Waals surface area contributed by atoms with Crippen LogP contribution in [0.3, 0.4) is 0 Å². The Bertz CT molecular complexity index is 139. The van der Waals surface area contributed by atoms with Crippen molar-refractivity contribution in [2.24, 2.45) is 0 Å². The van der Waals surface area contributed by atoms with Gasteiger partial charge in [-0.25, -0.2) is 0 Å². The quantitative estimate of drug-likeness (QED) is 0.527. The number of nitrogens with zero attached hydrogens (tertiary/aromatic N) is 1. The smallest absolute Gasteiger partial charge is 0.100 e. The van der Waals surface area contributed by atoms with Crippen LogP contribution < -0.4 is 0 Å². The molecule has 1 unspecified atom stereocenters. The summed E-state index contributed by atoms with van der Waals surface area (Å²) in [6, 6.07) is 0. The van der Waals surface area contributed by atoms with E-state index in [1.807, 2.05) is 0 Å². The van der Waals surface area contributed by atoms with Gasteiger partial charge in [0.2, 0.25) is 0 Å². The van der Waals surface area contributed by atoms with Gasteiger partial charge in [0.25, 0.3) is 0 Å². The van der Waals surface area contributed by atoms with Crippen molar-refractivity contribution in [2.75, 3.05) is 52.7 Å². The molecule has 0 aromatic carbocycles. The molecule has 1 aliphatic rings. The Morgan fingerprint density at radius 3 is 2.71 bits per heavy atom. The molecule has 1 rings (SSSR count). The highest BCUT2D eigenvalue weighted by molar-refractivity contribution is 4.61. The van der Waals surface area contributed by atoms with E-state index in [1.165, 1.54) is 0 Å². The Morgan fingerprint density at radius 1 is 1.36 bits per heavy atom. The molecule has 84 valence electrons. The van der Waals surface area contributed by atoms with Crippen LogP contribution in [0.4, 0.5) is 0 Å². The lowest BCUT2D eigenvalue weighted by molar-refractivity contribution is -0.0127. The molecule has 1 atom stereocenters. The molecule has 0 aromatic heterocycles. The summed E-state index contributed by atoms with van der Waals surface area (Å²) in [5.74, 6) is 0. The first-order chi connectivity index (χ1) is 6.83. The molecule has 14 heavy (non-hydrogen) atoms. The zero-order chi connectivity index (χ0) is 10.2. The summed E-state index contributed by atoms with van der Waals surface area (Å²) >= 11 is 0. The third-order valence-corrected chi connectivity index (χ3v) is 2.18. The van der Waals surface area contributed by atoms with Crippen LogP contribution in [0.15, 0.2) is 0 Å². The highest BCUT2D eigenvalue weighted by Crippen LogP contribution is 1.96. The van der Waals surface area contributed by atoms with Gasteiger partial charge in [-0.15, -0.1) is 0 Å². The highest BCUT2D eigenvalue weighted by atomic mass is 16.5. The second kappa shape index (κ2) is 7.14. The Kier molecular flexibility index (Phi) is 6.05. The maximum atomic E-state index is 8.99. The van der Waals surface area contributed by atoms with Crippen molar-refractivity contribution in [1.82, 2.24) is 4.90 Å². The molecule has 5 heteroatoms. The summed E-state index contributed by atoms with van der Waals surface area (Å²) in [6.07, 6.45) is -0.750. The predicted molar refractivity (Wildman–Crippen MR) is 51.2 cm³/mol. The van der Waals surface area contributed by atoms with Gasteiger partial charge in [0.15, 0.2) is 0 Å². The highest BCUT2D eigenvalue weighted by Gasteiger charge is 2.09. The average molecular weight is 205 g/mol. The van der Waals surface area contributed by atoms with E-state index in [2.05, 4.69) is 4.90 Å². The number of hydrogen-bond acceptors (Lipinski definition) is 5. The Balaban J connectivity index is 1.92. The Hall–Kier alpha value is -0.200. The minimum atomic E-state index is -0.750. The fraction of sp³-hybridized carbons (Fsp3) is 1.00. The lowest BCUT2D eigenvalue weighted by Crippen LogP contribution is -2.38. The number of ether oxygens (including phenoxy) is 2. The van der Waals surface area contributed by atoms with Gasteiger partial charge in [-0.1, -0.05) is 0 Å². The van der Waals surface area contributed by atoms with E-state index in [1.54, 1.807) is 0 Å². The van der Waals surface area contributed by atoms with E-state index in [0.717, 1.165) is 32.8 Å². The molecule has 0 spiro atoms. The average Bonchev–Trinajstić information content (AvgIpc) is 2.25.